The van der Waals surface area contributed by atoms with Crippen molar-refractivity contribution < 1.29 is 18.6 Å². The molecule has 158 valence electrons. The van der Waals surface area contributed by atoms with E-state index in [1.54, 1.807) is 13.4 Å². The van der Waals surface area contributed by atoms with Gasteiger partial charge in [-0.3, -0.25) is 5.32 Å². The van der Waals surface area contributed by atoms with Crippen molar-refractivity contribution in [3.8, 4) is 17.4 Å². The first-order valence-corrected chi connectivity index (χ1v) is 10.3. The second-order valence-electron chi connectivity index (χ2n) is 7.59. The summed E-state index contributed by atoms with van der Waals surface area (Å²) in [6, 6.07) is 18.0. The van der Waals surface area contributed by atoms with Crippen LogP contribution in [0, 0.1) is 6.92 Å². The lowest BCUT2D eigenvalue weighted by Crippen LogP contribution is -2.23. The van der Waals surface area contributed by atoms with E-state index < -0.39 is 0 Å². The van der Waals surface area contributed by atoms with Gasteiger partial charge in [0.25, 0.3) is 0 Å². The summed E-state index contributed by atoms with van der Waals surface area (Å²) >= 11 is 0. The first-order valence-electron chi connectivity index (χ1n) is 10.3. The van der Waals surface area contributed by atoms with Crippen LogP contribution in [0.2, 0.25) is 0 Å². The molecule has 6 nitrogen and oxygen atoms in total. The number of furan rings is 1. The largest absolute Gasteiger partial charge is 0.486 e. The molecule has 3 heterocycles. The monoisotopic (exact) mass is 416 g/mol. The minimum atomic E-state index is -0.163. The Morgan fingerprint density at radius 2 is 1.90 bits per heavy atom. The lowest BCUT2D eigenvalue weighted by atomic mass is 10.0. The highest BCUT2D eigenvalue weighted by molar-refractivity contribution is 5.80. The zero-order valence-electron chi connectivity index (χ0n) is 17.6. The molecule has 1 unspecified atom stereocenters. The number of aromatic nitrogens is 1. The van der Waals surface area contributed by atoms with Crippen molar-refractivity contribution >= 4 is 10.9 Å². The van der Waals surface area contributed by atoms with Crippen LogP contribution in [0.4, 0.5) is 0 Å². The second kappa shape index (κ2) is 8.32. The Bertz CT molecular complexity index is 1200. The normalized spacial score (nSPS) is 13.9. The molecule has 1 aliphatic rings. The standard InChI is InChI=1S/C25H24N2O4/c1-16-5-7-20-18(12-16)13-19(25(27-20)28-2)15-26-24(22-4-3-9-29-22)17-6-8-21-23(14-17)31-11-10-30-21/h3-9,12-14,24,26H,10-11,15H2,1-2H3. The highest BCUT2D eigenvalue weighted by Crippen LogP contribution is 2.35. The van der Waals surface area contributed by atoms with Gasteiger partial charge in [-0.1, -0.05) is 17.7 Å². The van der Waals surface area contributed by atoms with Crippen LogP contribution in [0.15, 0.2) is 65.3 Å². The molecule has 0 saturated carbocycles. The number of fused-ring (bicyclic) bond motifs is 2. The molecule has 0 spiro atoms. The first-order chi connectivity index (χ1) is 15.2. The predicted octanol–water partition coefficient (Wildman–Crippen LogP) is 4.80. The molecule has 0 aliphatic carbocycles. The molecule has 0 saturated heterocycles. The second-order valence-corrected chi connectivity index (χ2v) is 7.59. The summed E-state index contributed by atoms with van der Waals surface area (Å²) < 4.78 is 22.8. The van der Waals surface area contributed by atoms with Gasteiger partial charge in [-0.05, 0) is 55.0 Å². The Morgan fingerprint density at radius 1 is 1.03 bits per heavy atom. The summed E-state index contributed by atoms with van der Waals surface area (Å²) in [7, 11) is 1.65. The van der Waals surface area contributed by atoms with Gasteiger partial charge < -0.3 is 18.6 Å². The van der Waals surface area contributed by atoms with Gasteiger partial charge in [0.15, 0.2) is 11.5 Å². The summed E-state index contributed by atoms with van der Waals surface area (Å²) in [5, 5.41) is 4.69. The average molecular weight is 416 g/mol. The smallest absolute Gasteiger partial charge is 0.218 e. The maximum absolute atomic E-state index is 5.78. The number of aryl methyl sites for hydroxylation is 1. The Hall–Kier alpha value is -3.51. The highest BCUT2D eigenvalue weighted by Gasteiger charge is 2.21. The molecule has 31 heavy (non-hydrogen) atoms. The van der Waals surface area contributed by atoms with E-state index in [0.717, 1.165) is 39.3 Å². The number of hydrogen-bond acceptors (Lipinski definition) is 6. The molecule has 4 aromatic rings. The number of methoxy groups -OCH3 is 1. The fourth-order valence-electron chi connectivity index (χ4n) is 3.92. The molecular formula is C25H24N2O4. The van der Waals surface area contributed by atoms with Gasteiger partial charge in [-0.25, -0.2) is 4.98 Å². The number of rotatable bonds is 6. The van der Waals surface area contributed by atoms with Gasteiger partial charge in [-0.2, -0.15) is 0 Å². The van der Waals surface area contributed by atoms with Gasteiger partial charge in [0.1, 0.15) is 19.0 Å². The van der Waals surface area contributed by atoms with Crippen LogP contribution in [-0.4, -0.2) is 25.3 Å². The third-order valence-corrected chi connectivity index (χ3v) is 5.43. The van der Waals surface area contributed by atoms with Crippen LogP contribution >= 0.6 is 0 Å². The molecule has 0 bridgehead atoms. The van der Waals surface area contributed by atoms with Crippen LogP contribution in [0.5, 0.6) is 17.4 Å². The quantitative estimate of drug-likeness (QED) is 0.487. The number of hydrogen-bond donors (Lipinski definition) is 1. The van der Waals surface area contributed by atoms with Crippen molar-refractivity contribution in [2.24, 2.45) is 0 Å². The van der Waals surface area contributed by atoms with Crippen LogP contribution in [0.3, 0.4) is 0 Å². The maximum atomic E-state index is 5.78. The van der Waals surface area contributed by atoms with Crippen molar-refractivity contribution in [2.75, 3.05) is 20.3 Å². The maximum Gasteiger partial charge on any atom is 0.218 e. The molecule has 0 amide bonds. The number of nitrogens with one attached hydrogen (secondary N) is 1. The molecule has 0 radical (unpaired) electrons. The number of ether oxygens (including phenoxy) is 3. The Morgan fingerprint density at radius 3 is 2.71 bits per heavy atom. The van der Waals surface area contributed by atoms with E-state index in [0.29, 0.717) is 25.6 Å². The summed E-state index contributed by atoms with van der Waals surface area (Å²) in [5.41, 5.74) is 4.13. The fourth-order valence-corrected chi connectivity index (χ4v) is 3.92. The van der Waals surface area contributed by atoms with E-state index in [4.69, 9.17) is 18.6 Å². The highest BCUT2D eigenvalue weighted by atomic mass is 16.6. The first kappa shape index (κ1) is 19.5. The lowest BCUT2D eigenvalue weighted by molar-refractivity contribution is 0.171. The zero-order valence-corrected chi connectivity index (χ0v) is 17.6. The number of nitrogens with zero attached hydrogens (tertiary/aromatic N) is 1. The number of benzene rings is 2. The van der Waals surface area contributed by atoms with Crippen molar-refractivity contribution in [3.05, 3.63) is 83.3 Å². The molecule has 0 fully saturated rings. The third-order valence-electron chi connectivity index (χ3n) is 5.43. The van der Waals surface area contributed by atoms with Gasteiger partial charge in [0.05, 0.1) is 24.9 Å². The van der Waals surface area contributed by atoms with Crippen LogP contribution in [0.1, 0.15) is 28.5 Å². The van der Waals surface area contributed by atoms with Gasteiger partial charge in [0, 0.05) is 17.5 Å². The van der Waals surface area contributed by atoms with Crippen molar-refractivity contribution in [2.45, 2.75) is 19.5 Å². The SMILES string of the molecule is COc1nc2ccc(C)cc2cc1CNC(c1ccc2c(c1)OCCO2)c1ccco1. The Kier molecular flexibility index (Phi) is 5.22. The molecule has 6 heteroatoms. The third kappa shape index (κ3) is 3.94. The Balaban J connectivity index is 1.47. The van der Waals surface area contributed by atoms with Gasteiger partial charge in [0.2, 0.25) is 5.88 Å². The van der Waals surface area contributed by atoms with E-state index in [1.807, 2.05) is 36.4 Å². The minimum Gasteiger partial charge on any atom is -0.486 e. The van der Waals surface area contributed by atoms with Crippen molar-refractivity contribution in [3.63, 3.8) is 0 Å². The molecular weight excluding hydrogens is 392 g/mol. The van der Waals surface area contributed by atoms with E-state index in [9.17, 15) is 0 Å². The van der Waals surface area contributed by atoms with Crippen molar-refractivity contribution in [1.82, 2.24) is 10.3 Å². The summed E-state index contributed by atoms with van der Waals surface area (Å²) in [6.07, 6.45) is 1.68. The summed E-state index contributed by atoms with van der Waals surface area (Å²) in [6.45, 7) is 3.76. The van der Waals surface area contributed by atoms with Crippen LogP contribution < -0.4 is 19.5 Å². The van der Waals surface area contributed by atoms with Gasteiger partial charge >= 0.3 is 0 Å². The molecule has 1 N–H and O–H groups in total. The molecule has 2 aromatic heterocycles. The van der Waals surface area contributed by atoms with Crippen LogP contribution in [-0.2, 0) is 6.54 Å². The van der Waals surface area contributed by atoms with E-state index in [1.165, 1.54) is 5.56 Å². The predicted molar refractivity (Wildman–Crippen MR) is 118 cm³/mol. The summed E-state index contributed by atoms with van der Waals surface area (Å²) in [5.74, 6) is 2.95. The van der Waals surface area contributed by atoms with Gasteiger partial charge in [-0.15, -0.1) is 0 Å². The Labute approximate surface area is 180 Å². The minimum absolute atomic E-state index is 0.163. The topological polar surface area (TPSA) is 65.8 Å². The lowest BCUT2D eigenvalue weighted by Gasteiger charge is -2.22. The summed E-state index contributed by atoms with van der Waals surface area (Å²) in [4.78, 5) is 4.68. The number of pyridine rings is 1. The molecule has 5 rings (SSSR count). The van der Waals surface area contributed by atoms with E-state index in [2.05, 4.69) is 35.4 Å². The molecule has 2 aromatic carbocycles. The molecule has 1 atom stereocenters. The average Bonchev–Trinajstić information content (AvgIpc) is 3.33. The van der Waals surface area contributed by atoms with Crippen molar-refractivity contribution in [1.29, 1.82) is 0 Å². The fraction of sp³-hybridized carbons (Fsp3) is 0.240. The van der Waals surface area contributed by atoms with E-state index >= 15 is 0 Å². The molecule has 1 aliphatic heterocycles. The van der Waals surface area contributed by atoms with E-state index in [-0.39, 0.29) is 6.04 Å². The zero-order chi connectivity index (χ0) is 21.2. The van der Waals surface area contributed by atoms with Crippen LogP contribution in [0.25, 0.3) is 10.9 Å².